The molecule has 3 aromatic heterocycles. The van der Waals surface area contributed by atoms with E-state index < -0.39 is 0 Å². The Balaban J connectivity index is 1.64. The molecule has 0 saturated heterocycles. The van der Waals surface area contributed by atoms with Crippen LogP contribution in [-0.2, 0) is 19.4 Å². The minimum Gasteiger partial charge on any atom is -0.261 e. The van der Waals surface area contributed by atoms with E-state index in [2.05, 4.69) is 44.5 Å². The van der Waals surface area contributed by atoms with Crippen LogP contribution in [0.5, 0.6) is 0 Å². The van der Waals surface area contributed by atoms with Gasteiger partial charge in [-0.05, 0) is 12.8 Å². The average molecular weight is 328 g/mol. The first-order valence-electron chi connectivity index (χ1n) is 7.72. The minimum absolute atomic E-state index is 0.611. The van der Waals surface area contributed by atoms with Gasteiger partial charge >= 0.3 is 0 Å². The normalized spacial score (nSPS) is 11.3. The number of aryl methyl sites for hydroxylation is 3. The second-order valence-electron chi connectivity index (χ2n) is 5.99. The fourth-order valence-electron chi connectivity index (χ4n) is 2.26. The monoisotopic (exact) mass is 328 g/mol. The molecule has 3 rings (SSSR count). The summed E-state index contributed by atoms with van der Waals surface area (Å²) in [6.45, 7) is 7.08. The Bertz CT molecular complexity index is 776. The van der Waals surface area contributed by atoms with Crippen molar-refractivity contribution in [3.8, 4) is 11.4 Å². The zero-order valence-corrected chi connectivity index (χ0v) is 14.4. The number of hydrogen-bond acceptors (Lipinski definition) is 6. The van der Waals surface area contributed by atoms with Crippen molar-refractivity contribution in [1.82, 2.24) is 29.9 Å². The van der Waals surface area contributed by atoms with Gasteiger partial charge in [0.2, 0.25) is 0 Å². The van der Waals surface area contributed by atoms with Crippen molar-refractivity contribution in [3.63, 3.8) is 0 Å². The summed E-state index contributed by atoms with van der Waals surface area (Å²) in [7, 11) is 0. The lowest BCUT2D eigenvalue weighted by atomic mass is 10.1. The molecule has 0 saturated carbocycles. The smallest absolute Gasteiger partial charge is 0.132 e. The SMILES string of the molecule is Cc1cncc(CCn2cc(-c3csc(CC(C)C)n3)nn2)n1. The lowest BCUT2D eigenvalue weighted by Crippen LogP contribution is -2.04. The molecular formula is C16H20N6S. The van der Waals surface area contributed by atoms with E-state index in [0.29, 0.717) is 5.92 Å². The molecule has 6 nitrogen and oxygen atoms in total. The van der Waals surface area contributed by atoms with E-state index in [1.165, 1.54) is 0 Å². The van der Waals surface area contributed by atoms with E-state index in [1.807, 2.05) is 17.8 Å². The van der Waals surface area contributed by atoms with Gasteiger partial charge in [-0.1, -0.05) is 19.1 Å². The highest BCUT2D eigenvalue weighted by molar-refractivity contribution is 7.09. The van der Waals surface area contributed by atoms with Gasteiger partial charge in [-0.3, -0.25) is 14.6 Å². The summed E-state index contributed by atoms with van der Waals surface area (Å²) in [5.41, 5.74) is 3.63. The molecule has 0 radical (unpaired) electrons. The molecule has 0 spiro atoms. The van der Waals surface area contributed by atoms with Gasteiger partial charge in [0, 0.05) is 37.2 Å². The van der Waals surface area contributed by atoms with Crippen LogP contribution in [0.2, 0.25) is 0 Å². The lowest BCUT2D eigenvalue weighted by molar-refractivity contribution is 0.582. The van der Waals surface area contributed by atoms with Gasteiger partial charge in [0.15, 0.2) is 0 Å². The summed E-state index contributed by atoms with van der Waals surface area (Å²) in [5.74, 6) is 0.611. The van der Waals surface area contributed by atoms with E-state index >= 15 is 0 Å². The van der Waals surface area contributed by atoms with Crippen LogP contribution in [0.4, 0.5) is 0 Å². The van der Waals surface area contributed by atoms with Gasteiger partial charge in [-0.25, -0.2) is 4.98 Å². The average Bonchev–Trinajstić information content (AvgIpc) is 3.13. The molecule has 3 heterocycles. The molecule has 3 aromatic rings. The highest BCUT2D eigenvalue weighted by atomic mass is 32.1. The quantitative estimate of drug-likeness (QED) is 0.696. The van der Waals surface area contributed by atoms with E-state index in [1.54, 1.807) is 23.7 Å². The van der Waals surface area contributed by atoms with Crippen LogP contribution in [0.3, 0.4) is 0 Å². The molecule has 0 fully saturated rings. The van der Waals surface area contributed by atoms with Gasteiger partial charge in [0.05, 0.1) is 22.6 Å². The second kappa shape index (κ2) is 6.95. The first kappa shape index (κ1) is 15.7. The van der Waals surface area contributed by atoms with Crippen molar-refractivity contribution in [2.75, 3.05) is 0 Å². The minimum atomic E-state index is 0.611. The maximum atomic E-state index is 4.64. The Hall–Kier alpha value is -2.15. The second-order valence-corrected chi connectivity index (χ2v) is 6.94. The number of hydrogen-bond donors (Lipinski definition) is 0. The lowest BCUT2D eigenvalue weighted by Gasteiger charge is -2.00. The van der Waals surface area contributed by atoms with Crippen LogP contribution in [-0.4, -0.2) is 29.9 Å². The third-order valence-corrected chi connectivity index (χ3v) is 4.21. The highest BCUT2D eigenvalue weighted by Gasteiger charge is 2.10. The Morgan fingerprint density at radius 3 is 2.83 bits per heavy atom. The van der Waals surface area contributed by atoms with Gasteiger partial charge in [0.25, 0.3) is 0 Å². The summed E-state index contributed by atoms with van der Waals surface area (Å²) < 4.78 is 1.83. The molecule has 0 aliphatic rings. The summed E-state index contributed by atoms with van der Waals surface area (Å²) in [6, 6.07) is 0. The molecule has 0 aliphatic carbocycles. The van der Waals surface area contributed by atoms with Gasteiger partial charge < -0.3 is 0 Å². The molecule has 0 atom stereocenters. The molecule has 0 aliphatic heterocycles. The van der Waals surface area contributed by atoms with Crippen molar-refractivity contribution >= 4 is 11.3 Å². The van der Waals surface area contributed by atoms with Crippen LogP contribution >= 0.6 is 11.3 Å². The fraction of sp³-hybridized carbons (Fsp3) is 0.438. The first-order valence-corrected chi connectivity index (χ1v) is 8.60. The number of nitrogens with zero attached hydrogens (tertiary/aromatic N) is 6. The molecule has 7 heteroatoms. The molecule has 0 bridgehead atoms. The third-order valence-electron chi connectivity index (χ3n) is 3.34. The van der Waals surface area contributed by atoms with Crippen LogP contribution in [0.1, 0.15) is 30.2 Å². The Morgan fingerprint density at radius 1 is 1.17 bits per heavy atom. The van der Waals surface area contributed by atoms with Crippen molar-refractivity contribution in [2.45, 2.75) is 40.2 Å². The Morgan fingerprint density at radius 2 is 2.04 bits per heavy atom. The van der Waals surface area contributed by atoms with Crippen molar-refractivity contribution in [1.29, 1.82) is 0 Å². The highest BCUT2D eigenvalue weighted by Crippen LogP contribution is 2.21. The van der Waals surface area contributed by atoms with Gasteiger partial charge in [-0.15, -0.1) is 16.4 Å². The van der Waals surface area contributed by atoms with Gasteiger partial charge in [0.1, 0.15) is 11.4 Å². The zero-order valence-electron chi connectivity index (χ0n) is 13.6. The van der Waals surface area contributed by atoms with Gasteiger partial charge in [-0.2, -0.15) is 0 Å². The van der Waals surface area contributed by atoms with Crippen molar-refractivity contribution in [3.05, 3.63) is 40.4 Å². The summed E-state index contributed by atoms with van der Waals surface area (Å²) in [6.07, 6.45) is 7.28. The fourth-order valence-corrected chi connectivity index (χ4v) is 3.26. The molecule has 23 heavy (non-hydrogen) atoms. The van der Waals surface area contributed by atoms with E-state index in [0.717, 1.165) is 47.2 Å². The molecule has 0 unspecified atom stereocenters. The maximum Gasteiger partial charge on any atom is 0.132 e. The molecule has 0 N–H and O–H groups in total. The predicted molar refractivity (Wildman–Crippen MR) is 90.1 cm³/mol. The van der Waals surface area contributed by atoms with Crippen LogP contribution in [0, 0.1) is 12.8 Å². The van der Waals surface area contributed by atoms with Crippen LogP contribution in [0.15, 0.2) is 24.0 Å². The van der Waals surface area contributed by atoms with Crippen molar-refractivity contribution in [2.24, 2.45) is 5.92 Å². The van der Waals surface area contributed by atoms with Crippen LogP contribution in [0.25, 0.3) is 11.4 Å². The van der Waals surface area contributed by atoms with Crippen molar-refractivity contribution < 1.29 is 0 Å². The summed E-state index contributed by atoms with van der Waals surface area (Å²) in [4.78, 5) is 13.3. The Labute approximate surface area is 139 Å². The van der Waals surface area contributed by atoms with E-state index in [-0.39, 0.29) is 0 Å². The van der Waals surface area contributed by atoms with E-state index in [9.17, 15) is 0 Å². The molecule has 120 valence electrons. The third kappa shape index (κ3) is 4.19. The summed E-state index contributed by atoms with van der Waals surface area (Å²) in [5, 5.41) is 11.6. The number of thiazole rings is 1. The Kier molecular flexibility index (Phi) is 4.76. The zero-order chi connectivity index (χ0) is 16.2. The molecular weight excluding hydrogens is 308 g/mol. The number of rotatable bonds is 6. The predicted octanol–water partition coefficient (Wildman–Crippen LogP) is 2.94. The van der Waals surface area contributed by atoms with Crippen LogP contribution < -0.4 is 0 Å². The number of aromatic nitrogens is 6. The topological polar surface area (TPSA) is 69.4 Å². The maximum absolute atomic E-state index is 4.64. The van der Waals surface area contributed by atoms with E-state index in [4.69, 9.17) is 0 Å². The largest absolute Gasteiger partial charge is 0.261 e. The molecule has 0 aromatic carbocycles. The molecule has 0 amide bonds. The summed E-state index contributed by atoms with van der Waals surface area (Å²) >= 11 is 1.69. The standard InChI is InChI=1S/C16H20N6S/c1-11(2)6-16-19-15(10-23-16)14-9-22(21-20-14)5-4-13-8-17-7-12(3)18-13/h7-11H,4-6H2,1-3H3. The first-order chi connectivity index (χ1) is 11.1.